The van der Waals surface area contributed by atoms with Crippen molar-refractivity contribution in [2.24, 2.45) is 0 Å². The fourth-order valence-corrected chi connectivity index (χ4v) is 4.48. The van der Waals surface area contributed by atoms with E-state index in [1.807, 2.05) is 13.0 Å². The number of hydrogen-bond donors (Lipinski definition) is 1. The lowest BCUT2D eigenvalue weighted by atomic mass is 10.5. The Morgan fingerprint density at radius 1 is 0.829 bits per heavy atom. The summed E-state index contributed by atoms with van der Waals surface area (Å²) < 4.78 is 62.5. The summed E-state index contributed by atoms with van der Waals surface area (Å²) in [4.78, 5) is 31.6. The summed E-state index contributed by atoms with van der Waals surface area (Å²) in [6.45, 7) is 3.20. The third-order valence-electron chi connectivity index (χ3n) is 4.24. The van der Waals surface area contributed by atoms with E-state index in [1.165, 1.54) is 55.4 Å². The molecule has 0 spiro atoms. The largest absolute Gasteiger partial charge is 0.534 e. The second-order valence-electron chi connectivity index (χ2n) is 7.15. The van der Waals surface area contributed by atoms with E-state index in [1.54, 1.807) is 18.6 Å². The van der Waals surface area contributed by atoms with Crippen LogP contribution in [0.1, 0.15) is 15.4 Å². The highest BCUT2D eigenvalue weighted by atomic mass is 32.2. The Kier molecular flexibility index (Phi) is 10.2. The number of nitriles is 1. The molecule has 0 aliphatic carbocycles. The first-order valence-electron chi connectivity index (χ1n) is 10.7. The van der Waals surface area contributed by atoms with Gasteiger partial charge in [0.1, 0.15) is 27.5 Å². The van der Waals surface area contributed by atoms with Gasteiger partial charge < -0.3 is 9.29 Å². The molecule has 0 saturated carbocycles. The summed E-state index contributed by atoms with van der Waals surface area (Å²) in [5.74, 6) is -0.543. The van der Waals surface area contributed by atoms with Crippen LogP contribution in [-0.4, -0.2) is 58.9 Å². The average molecular weight is 624 g/mol. The van der Waals surface area contributed by atoms with Crippen molar-refractivity contribution < 1.29 is 30.9 Å². The summed E-state index contributed by atoms with van der Waals surface area (Å²) in [6.07, 6.45) is 13.4. The van der Waals surface area contributed by atoms with Crippen molar-refractivity contribution in [2.75, 3.05) is 0 Å². The third kappa shape index (κ3) is 8.66. The van der Waals surface area contributed by atoms with E-state index in [-0.39, 0.29) is 15.8 Å². The van der Waals surface area contributed by atoms with Gasteiger partial charge in [0.05, 0.1) is 28.3 Å². The molecule has 41 heavy (non-hydrogen) atoms. The minimum Gasteiger partial charge on any atom is -0.492 e. The second-order valence-corrected chi connectivity index (χ2v) is 11.1. The van der Waals surface area contributed by atoms with Crippen molar-refractivity contribution in [3.05, 3.63) is 71.2 Å². The van der Waals surface area contributed by atoms with Gasteiger partial charge in [0.25, 0.3) is 0 Å². The van der Waals surface area contributed by atoms with Gasteiger partial charge in [-0.25, -0.2) is 4.98 Å². The minimum atomic E-state index is -5.73. The first-order valence-corrected chi connectivity index (χ1v) is 13.8. The predicted molar refractivity (Wildman–Crippen MR) is 140 cm³/mol. The fourth-order valence-electron chi connectivity index (χ4n) is 2.39. The Labute approximate surface area is 238 Å². The van der Waals surface area contributed by atoms with Crippen LogP contribution >= 0.6 is 22.7 Å². The number of rotatable bonds is 4. The molecule has 0 aromatic carbocycles. The summed E-state index contributed by atoms with van der Waals surface area (Å²) in [6, 6.07) is 1.85. The lowest BCUT2D eigenvalue weighted by molar-refractivity contribution is -0.0501. The molecular formula is C22H16F3N9O4S3. The maximum Gasteiger partial charge on any atom is 0.534 e. The van der Waals surface area contributed by atoms with E-state index in [2.05, 4.69) is 44.1 Å². The fraction of sp³-hybridized carbons (Fsp3) is 0.136. The molecule has 19 heteroatoms. The lowest BCUT2D eigenvalue weighted by Gasteiger charge is -2.07. The van der Waals surface area contributed by atoms with Crippen molar-refractivity contribution >= 4 is 32.8 Å². The highest BCUT2D eigenvalue weighted by molar-refractivity contribution is 7.88. The van der Waals surface area contributed by atoms with E-state index < -0.39 is 21.5 Å². The summed E-state index contributed by atoms with van der Waals surface area (Å²) in [5.41, 5.74) is -4.15. The van der Waals surface area contributed by atoms with Gasteiger partial charge in [-0.2, -0.15) is 36.8 Å². The van der Waals surface area contributed by atoms with E-state index in [4.69, 9.17) is 5.26 Å². The van der Waals surface area contributed by atoms with E-state index in [0.717, 1.165) is 16.2 Å². The maximum atomic E-state index is 12.2. The standard InChI is InChI=1S/C9H6F3N3O3S2.C8H7N3OS.C5H3N3/c1-5-7(18-20(16,17)9(10,11)12)15-8(19-5)6-4-13-2-3-14-6;1-5-7(12)11-8(13-5)6-4-9-2-3-10-6;6-3-5-4-7-1-2-8-5/h2-4H,1H3;2-4,12H,1H3;1-2,4H. The number of thiazole rings is 2. The average Bonchev–Trinajstić information content (AvgIpc) is 3.50. The van der Waals surface area contributed by atoms with Crippen molar-refractivity contribution in [3.8, 4) is 39.2 Å². The molecule has 0 unspecified atom stereocenters. The van der Waals surface area contributed by atoms with E-state index in [0.29, 0.717) is 22.1 Å². The van der Waals surface area contributed by atoms with Gasteiger partial charge in [0.2, 0.25) is 11.8 Å². The Bertz CT molecular complexity index is 1690. The molecule has 5 aromatic heterocycles. The van der Waals surface area contributed by atoms with Crippen molar-refractivity contribution in [3.63, 3.8) is 0 Å². The molecule has 0 amide bonds. The molecule has 0 radical (unpaired) electrons. The number of aryl methyl sites for hydroxylation is 2. The van der Waals surface area contributed by atoms with Gasteiger partial charge >= 0.3 is 15.6 Å². The van der Waals surface area contributed by atoms with Crippen LogP contribution in [0.15, 0.2) is 55.8 Å². The zero-order chi connectivity index (χ0) is 30.0. The molecule has 0 atom stereocenters. The van der Waals surface area contributed by atoms with Gasteiger partial charge in [-0.05, 0) is 13.8 Å². The SMILES string of the molecule is Cc1sc(-c2cnccn2)nc1O.Cc1sc(-c2cnccn2)nc1OS(=O)(=O)C(F)(F)F.N#Cc1cnccn1. The molecule has 5 aromatic rings. The predicted octanol–water partition coefficient (Wildman–Crippen LogP) is 4.10. The van der Waals surface area contributed by atoms with Crippen LogP contribution in [0.3, 0.4) is 0 Å². The number of alkyl halides is 3. The normalized spacial score (nSPS) is 10.8. The number of halogens is 3. The summed E-state index contributed by atoms with van der Waals surface area (Å²) in [7, 11) is -5.73. The highest BCUT2D eigenvalue weighted by Gasteiger charge is 2.49. The van der Waals surface area contributed by atoms with Gasteiger partial charge in [-0.3, -0.25) is 24.9 Å². The summed E-state index contributed by atoms with van der Waals surface area (Å²) in [5, 5.41) is 18.3. The summed E-state index contributed by atoms with van der Waals surface area (Å²) >= 11 is 2.35. The lowest BCUT2D eigenvalue weighted by Crippen LogP contribution is -2.28. The van der Waals surface area contributed by atoms with E-state index >= 15 is 0 Å². The van der Waals surface area contributed by atoms with Gasteiger partial charge in [0, 0.05) is 37.2 Å². The quantitative estimate of drug-likeness (QED) is 0.223. The molecule has 0 saturated heterocycles. The minimum absolute atomic E-state index is 0.0747. The van der Waals surface area contributed by atoms with Crippen LogP contribution in [0.25, 0.3) is 21.4 Å². The van der Waals surface area contributed by atoms with Crippen LogP contribution < -0.4 is 4.18 Å². The number of hydrogen-bond acceptors (Lipinski definition) is 15. The molecule has 0 aliphatic rings. The van der Waals surface area contributed by atoms with Crippen molar-refractivity contribution in [2.45, 2.75) is 19.4 Å². The molecule has 5 heterocycles. The Morgan fingerprint density at radius 3 is 1.73 bits per heavy atom. The third-order valence-corrected chi connectivity index (χ3v) is 7.14. The monoisotopic (exact) mass is 623 g/mol. The molecule has 212 valence electrons. The Hall–Kier alpha value is -4.67. The highest BCUT2D eigenvalue weighted by Crippen LogP contribution is 2.34. The number of aromatic hydroxyl groups is 1. The van der Waals surface area contributed by atoms with Crippen molar-refractivity contribution in [1.82, 2.24) is 39.9 Å². The molecule has 5 rings (SSSR count). The first kappa shape index (κ1) is 30.9. The first-order chi connectivity index (χ1) is 19.4. The topological polar surface area (TPSA) is 191 Å². The van der Waals surface area contributed by atoms with E-state index in [9.17, 15) is 26.7 Å². The number of nitrogens with zero attached hydrogens (tertiary/aromatic N) is 9. The second kappa shape index (κ2) is 13.6. The van der Waals surface area contributed by atoms with Crippen LogP contribution in [0.4, 0.5) is 13.2 Å². The van der Waals surface area contributed by atoms with Crippen LogP contribution in [0.2, 0.25) is 0 Å². The van der Waals surface area contributed by atoms with Crippen molar-refractivity contribution in [1.29, 1.82) is 5.26 Å². The Balaban J connectivity index is 0.000000187. The van der Waals surface area contributed by atoms with Gasteiger partial charge in [-0.1, -0.05) is 0 Å². The Morgan fingerprint density at radius 2 is 1.34 bits per heavy atom. The smallest absolute Gasteiger partial charge is 0.492 e. The van der Waals surface area contributed by atoms with Crippen LogP contribution in [0.5, 0.6) is 11.8 Å². The molecule has 1 N–H and O–H groups in total. The van der Waals surface area contributed by atoms with Gasteiger partial charge in [-0.15, -0.1) is 22.7 Å². The van der Waals surface area contributed by atoms with Gasteiger partial charge in [0.15, 0.2) is 5.69 Å². The molecule has 0 bridgehead atoms. The zero-order valence-electron chi connectivity index (χ0n) is 20.8. The molecular weight excluding hydrogens is 607 g/mol. The van der Waals surface area contributed by atoms with Crippen LogP contribution in [-0.2, 0) is 10.1 Å². The maximum absolute atomic E-state index is 12.2. The molecule has 0 aliphatic heterocycles. The number of aromatic nitrogens is 8. The van der Waals surface area contributed by atoms with Crippen LogP contribution in [0, 0.1) is 25.2 Å². The zero-order valence-corrected chi connectivity index (χ0v) is 23.2. The molecule has 13 nitrogen and oxygen atoms in total. The molecule has 0 fully saturated rings.